The van der Waals surface area contributed by atoms with E-state index in [4.69, 9.17) is 20.9 Å². The molecule has 0 fully saturated rings. The molecule has 1 atom stereocenters. The molecule has 0 aliphatic rings. The molecule has 1 heterocycles. The third-order valence-electron chi connectivity index (χ3n) is 2.62. The van der Waals surface area contributed by atoms with E-state index < -0.39 is 6.10 Å². The summed E-state index contributed by atoms with van der Waals surface area (Å²) in [5.41, 5.74) is 0.837. The lowest BCUT2D eigenvalue weighted by molar-refractivity contribution is 0.105. The number of aliphatic hydroxyl groups excluding tert-OH is 1. The predicted octanol–water partition coefficient (Wildman–Crippen LogP) is 2.17. The smallest absolute Gasteiger partial charge is 0.150 e. The van der Waals surface area contributed by atoms with Crippen LogP contribution >= 0.6 is 11.6 Å². The quantitative estimate of drug-likeness (QED) is 0.819. The molecule has 0 bridgehead atoms. The number of nitrogens with one attached hydrogen (secondary N) is 1. The minimum absolute atomic E-state index is 0.173. The number of halogens is 1. The number of hydrogen-bond acceptors (Lipinski definition) is 5. The Bertz CT molecular complexity index is 545. The molecule has 0 spiro atoms. The molecular formula is C14H17ClN2O3. The first-order valence-electron chi connectivity index (χ1n) is 6.33. The molecular weight excluding hydrogens is 280 g/mol. The molecule has 6 heteroatoms. The van der Waals surface area contributed by atoms with Crippen molar-refractivity contribution in [2.24, 2.45) is 0 Å². The van der Waals surface area contributed by atoms with Gasteiger partial charge in [0.05, 0.1) is 17.3 Å². The van der Waals surface area contributed by atoms with Gasteiger partial charge in [0.15, 0.2) is 5.76 Å². The molecule has 0 saturated carbocycles. The SMILES string of the molecule is Cc1cc(CNCC(O)COc2ccccc2Cl)on1. The summed E-state index contributed by atoms with van der Waals surface area (Å²) < 4.78 is 10.5. The number of para-hydroxylation sites is 1. The van der Waals surface area contributed by atoms with Gasteiger partial charge in [-0.25, -0.2) is 0 Å². The van der Waals surface area contributed by atoms with Crippen molar-refractivity contribution in [3.05, 3.63) is 46.8 Å². The molecule has 5 nitrogen and oxygen atoms in total. The van der Waals surface area contributed by atoms with Crippen LogP contribution in [0, 0.1) is 6.92 Å². The molecule has 20 heavy (non-hydrogen) atoms. The maximum absolute atomic E-state index is 9.81. The molecule has 0 aliphatic heterocycles. The van der Waals surface area contributed by atoms with Gasteiger partial charge < -0.3 is 19.7 Å². The van der Waals surface area contributed by atoms with E-state index >= 15 is 0 Å². The monoisotopic (exact) mass is 296 g/mol. The fourth-order valence-corrected chi connectivity index (χ4v) is 1.86. The summed E-state index contributed by atoms with van der Waals surface area (Å²) in [6.45, 7) is 2.94. The minimum atomic E-state index is -0.629. The van der Waals surface area contributed by atoms with Crippen LogP contribution in [0.1, 0.15) is 11.5 Å². The first-order valence-corrected chi connectivity index (χ1v) is 6.71. The first kappa shape index (κ1) is 14.8. The Labute approximate surface area is 122 Å². The lowest BCUT2D eigenvalue weighted by Crippen LogP contribution is -2.31. The fourth-order valence-electron chi connectivity index (χ4n) is 1.67. The van der Waals surface area contributed by atoms with Gasteiger partial charge in [-0.2, -0.15) is 0 Å². The third kappa shape index (κ3) is 4.52. The Morgan fingerprint density at radius 3 is 2.95 bits per heavy atom. The molecule has 2 rings (SSSR count). The van der Waals surface area contributed by atoms with Gasteiger partial charge >= 0.3 is 0 Å². The molecule has 0 aliphatic carbocycles. The zero-order chi connectivity index (χ0) is 14.4. The van der Waals surface area contributed by atoms with Crippen LogP contribution in [-0.4, -0.2) is 29.5 Å². The van der Waals surface area contributed by atoms with E-state index in [1.165, 1.54) is 0 Å². The van der Waals surface area contributed by atoms with Crippen molar-refractivity contribution in [3.63, 3.8) is 0 Å². The number of ether oxygens (including phenoxy) is 1. The van der Waals surface area contributed by atoms with E-state index in [1.54, 1.807) is 12.1 Å². The molecule has 0 radical (unpaired) electrons. The van der Waals surface area contributed by atoms with Crippen molar-refractivity contribution in [1.82, 2.24) is 10.5 Å². The summed E-state index contributed by atoms with van der Waals surface area (Å²) in [6.07, 6.45) is -0.629. The van der Waals surface area contributed by atoms with Crippen molar-refractivity contribution >= 4 is 11.6 Å². The van der Waals surface area contributed by atoms with Gasteiger partial charge in [0.2, 0.25) is 0 Å². The van der Waals surface area contributed by atoms with Gasteiger partial charge in [-0.05, 0) is 19.1 Å². The lowest BCUT2D eigenvalue weighted by Gasteiger charge is -2.13. The van der Waals surface area contributed by atoms with Crippen LogP contribution in [0.3, 0.4) is 0 Å². The minimum Gasteiger partial charge on any atom is -0.489 e. The Morgan fingerprint density at radius 2 is 2.25 bits per heavy atom. The fraction of sp³-hybridized carbons (Fsp3) is 0.357. The second kappa shape index (κ2) is 7.28. The van der Waals surface area contributed by atoms with Gasteiger partial charge in [0.1, 0.15) is 18.5 Å². The van der Waals surface area contributed by atoms with Crippen molar-refractivity contribution < 1.29 is 14.4 Å². The largest absolute Gasteiger partial charge is 0.489 e. The van der Waals surface area contributed by atoms with Crippen LogP contribution < -0.4 is 10.1 Å². The predicted molar refractivity (Wildman–Crippen MR) is 75.9 cm³/mol. The van der Waals surface area contributed by atoms with Gasteiger partial charge in [-0.1, -0.05) is 28.9 Å². The topological polar surface area (TPSA) is 67.5 Å². The zero-order valence-electron chi connectivity index (χ0n) is 11.2. The van der Waals surface area contributed by atoms with Gasteiger partial charge in [0, 0.05) is 12.6 Å². The highest BCUT2D eigenvalue weighted by molar-refractivity contribution is 6.32. The number of aryl methyl sites for hydroxylation is 1. The van der Waals surface area contributed by atoms with Crippen LogP contribution in [-0.2, 0) is 6.54 Å². The normalized spacial score (nSPS) is 12.3. The van der Waals surface area contributed by atoms with E-state index in [0.29, 0.717) is 23.9 Å². The zero-order valence-corrected chi connectivity index (χ0v) is 11.9. The first-order chi connectivity index (χ1) is 9.65. The number of aliphatic hydroxyl groups is 1. The molecule has 1 aromatic carbocycles. The van der Waals surface area contributed by atoms with Crippen molar-refractivity contribution in [2.45, 2.75) is 19.6 Å². The van der Waals surface area contributed by atoms with E-state index in [1.807, 2.05) is 25.1 Å². The number of rotatable bonds is 7. The van der Waals surface area contributed by atoms with E-state index in [-0.39, 0.29) is 6.61 Å². The third-order valence-corrected chi connectivity index (χ3v) is 2.94. The summed E-state index contributed by atoms with van der Waals surface area (Å²) in [5.74, 6) is 1.31. The Balaban J connectivity index is 1.68. The van der Waals surface area contributed by atoms with Crippen LogP contribution in [0.25, 0.3) is 0 Å². The van der Waals surface area contributed by atoms with Crippen LogP contribution in [0.5, 0.6) is 5.75 Å². The number of nitrogens with zero attached hydrogens (tertiary/aromatic N) is 1. The lowest BCUT2D eigenvalue weighted by atomic mass is 10.3. The number of hydrogen-bond donors (Lipinski definition) is 2. The second-order valence-corrected chi connectivity index (χ2v) is 4.87. The van der Waals surface area contributed by atoms with Crippen molar-refractivity contribution in [2.75, 3.05) is 13.2 Å². The molecule has 2 N–H and O–H groups in total. The Kier molecular flexibility index (Phi) is 5.40. The summed E-state index contributed by atoms with van der Waals surface area (Å²) in [4.78, 5) is 0. The van der Waals surface area contributed by atoms with Crippen LogP contribution in [0.2, 0.25) is 5.02 Å². The molecule has 2 aromatic rings. The second-order valence-electron chi connectivity index (χ2n) is 4.46. The summed E-state index contributed by atoms with van der Waals surface area (Å²) in [7, 11) is 0. The highest BCUT2D eigenvalue weighted by Crippen LogP contribution is 2.22. The van der Waals surface area contributed by atoms with Gasteiger partial charge in [-0.3, -0.25) is 0 Å². The molecule has 1 aromatic heterocycles. The summed E-state index contributed by atoms with van der Waals surface area (Å²) >= 11 is 5.95. The van der Waals surface area contributed by atoms with E-state index in [2.05, 4.69) is 10.5 Å². The maximum atomic E-state index is 9.81. The highest BCUT2D eigenvalue weighted by atomic mass is 35.5. The van der Waals surface area contributed by atoms with Crippen molar-refractivity contribution in [1.29, 1.82) is 0 Å². The Hall–Kier alpha value is -1.56. The standard InChI is InChI=1S/C14H17ClN2O3/c1-10-6-12(20-17-10)8-16-7-11(18)9-19-14-5-3-2-4-13(14)15/h2-6,11,16,18H,7-9H2,1H3. The highest BCUT2D eigenvalue weighted by Gasteiger charge is 2.08. The molecule has 1 unspecified atom stereocenters. The molecule has 108 valence electrons. The van der Waals surface area contributed by atoms with Crippen molar-refractivity contribution in [3.8, 4) is 5.75 Å². The Morgan fingerprint density at radius 1 is 1.45 bits per heavy atom. The van der Waals surface area contributed by atoms with Crippen LogP contribution in [0.4, 0.5) is 0 Å². The summed E-state index contributed by atoms with van der Waals surface area (Å²) in [5, 5.41) is 17.2. The van der Waals surface area contributed by atoms with E-state index in [0.717, 1.165) is 11.5 Å². The summed E-state index contributed by atoms with van der Waals surface area (Å²) in [6, 6.07) is 9.01. The van der Waals surface area contributed by atoms with Gasteiger partial charge in [-0.15, -0.1) is 0 Å². The maximum Gasteiger partial charge on any atom is 0.150 e. The van der Waals surface area contributed by atoms with Crippen LogP contribution in [0.15, 0.2) is 34.9 Å². The van der Waals surface area contributed by atoms with Gasteiger partial charge in [0.25, 0.3) is 0 Å². The molecule has 0 saturated heterocycles. The average molecular weight is 297 g/mol. The number of benzene rings is 1. The average Bonchev–Trinajstić information content (AvgIpc) is 2.83. The number of aromatic nitrogens is 1. The molecule has 0 amide bonds. The van der Waals surface area contributed by atoms with E-state index in [9.17, 15) is 5.11 Å².